The molecule has 6 heteroatoms. The molecule has 1 fully saturated rings. The molecule has 124 valence electrons. The number of nitrogens with zero attached hydrogens (tertiary/aromatic N) is 2. The van der Waals surface area contributed by atoms with Crippen LogP contribution in [0.1, 0.15) is 38.7 Å². The second-order valence-electron chi connectivity index (χ2n) is 5.95. The fourth-order valence-electron chi connectivity index (χ4n) is 2.70. The number of piperidine rings is 1. The van der Waals surface area contributed by atoms with Crippen LogP contribution >= 0.6 is 0 Å². The molecular formula is C17H23N3O3. The summed E-state index contributed by atoms with van der Waals surface area (Å²) in [5, 5.41) is 21.3. The Bertz CT molecular complexity index is 595. The molecule has 0 aromatic heterocycles. The number of hydrogen-bond donors (Lipinski definition) is 2. The SMILES string of the molecule is CC(C)Oc1ccc(C#N)cc1NC(=O)N1CCCC[C@H]1CO. The van der Waals surface area contributed by atoms with Crippen molar-refractivity contribution in [3.63, 3.8) is 0 Å². The van der Waals surface area contributed by atoms with Gasteiger partial charge in [0.25, 0.3) is 0 Å². The van der Waals surface area contributed by atoms with Crippen LogP contribution in [0.15, 0.2) is 18.2 Å². The summed E-state index contributed by atoms with van der Waals surface area (Å²) in [6.45, 7) is 4.38. The van der Waals surface area contributed by atoms with Gasteiger partial charge in [0.1, 0.15) is 5.75 Å². The van der Waals surface area contributed by atoms with E-state index in [1.54, 1.807) is 23.1 Å². The van der Waals surface area contributed by atoms with E-state index in [0.29, 0.717) is 23.5 Å². The summed E-state index contributed by atoms with van der Waals surface area (Å²) in [5.41, 5.74) is 0.929. The van der Waals surface area contributed by atoms with E-state index < -0.39 is 0 Å². The van der Waals surface area contributed by atoms with Gasteiger partial charge in [-0.2, -0.15) is 5.26 Å². The summed E-state index contributed by atoms with van der Waals surface area (Å²) in [6.07, 6.45) is 2.70. The van der Waals surface area contributed by atoms with Crippen molar-refractivity contribution in [3.8, 4) is 11.8 Å². The number of anilines is 1. The average Bonchev–Trinajstić information content (AvgIpc) is 2.55. The predicted molar refractivity (Wildman–Crippen MR) is 87.4 cm³/mol. The minimum Gasteiger partial charge on any atom is -0.489 e. The maximum atomic E-state index is 12.5. The van der Waals surface area contributed by atoms with Gasteiger partial charge in [-0.1, -0.05) is 0 Å². The summed E-state index contributed by atoms with van der Waals surface area (Å²) in [5.74, 6) is 0.532. The molecule has 1 saturated heterocycles. The van der Waals surface area contributed by atoms with Crippen molar-refractivity contribution < 1.29 is 14.6 Å². The Morgan fingerprint density at radius 3 is 2.96 bits per heavy atom. The summed E-state index contributed by atoms with van der Waals surface area (Å²) in [7, 11) is 0. The minimum atomic E-state index is -0.271. The largest absolute Gasteiger partial charge is 0.489 e. The van der Waals surface area contributed by atoms with E-state index in [-0.39, 0.29) is 24.8 Å². The standard InChI is InChI=1S/C17H23N3O3/c1-12(2)23-16-7-6-13(10-18)9-15(16)19-17(22)20-8-4-3-5-14(20)11-21/h6-7,9,12,14,21H,3-5,8,11H2,1-2H3,(H,19,22)/t14-/m0/s1. The molecule has 1 aliphatic rings. The number of benzene rings is 1. The maximum absolute atomic E-state index is 12.5. The smallest absolute Gasteiger partial charge is 0.322 e. The van der Waals surface area contributed by atoms with Crippen LogP contribution in [-0.4, -0.2) is 41.3 Å². The van der Waals surface area contributed by atoms with Gasteiger partial charge in [0.15, 0.2) is 0 Å². The molecule has 0 unspecified atom stereocenters. The van der Waals surface area contributed by atoms with E-state index in [4.69, 9.17) is 10.00 Å². The first-order chi connectivity index (χ1) is 11.0. The Kier molecular flexibility index (Phi) is 5.83. The predicted octanol–water partition coefficient (Wildman–Crippen LogP) is 2.72. The van der Waals surface area contributed by atoms with Gasteiger partial charge in [-0.3, -0.25) is 0 Å². The number of aliphatic hydroxyl groups is 1. The molecular weight excluding hydrogens is 294 g/mol. The summed E-state index contributed by atoms with van der Waals surface area (Å²) in [6, 6.07) is 6.58. The van der Waals surface area contributed by atoms with Crippen LogP contribution in [-0.2, 0) is 0 Å². The van der Waals surface area contributed by atoms with Crippen LogP contribution in [0, 0.1) is 11.3 Å². The van der Waals surface area contributed by atoms with Gasteiger partial charge >= 0.3 is 6.03 Å². The third kappa shape index (κ3) is 4.36. The normalized spacial score (nSPS) is 17.7. The molecule has 0 radical (unpaired) electrons. The molecule has 0 bridgehead atoms. The number of urea groups is 1. The van der Waals surface area contributed by atoms with Crippen LogP contribution < -0.4 is 10.1 Å². The van der Waals surface area contributed by atoms with Gasteiger partial charge in [-0.25, -0.2) is 4.79 Å². The zero-order valence-electron chi connectivity index (χ0n) is 13.6. The number of carbonyl (C=O) groups excluding carboxylic acids is 1. The highest BCUT2D eigenvalue weighted by molar-refractivity contribution is 5.91. The van der Waals surface area contributed by atoms with Gasteiger partial charge in [0.2, 0.25) is 0 Å². The van der Waals surface area contributed by atoms with Gasteiger partial charge in [0, 0.05) is 6.54 Å². The second kappa shape index (κ2) is 7.84. The van der Waals surface area contributed by atoms with E-state index in [1.807, 2.05) is 13.8 Å². The van der Waals surface area contributed by atoms with Gasteiger partial charge in [-0.15, -0.1) is 0 Å². The molecule has 6 nitrogen and oxygen atoms in total. The molecule has 1 atom stereocenters. The van der Waals surface area contributed by atoms with Gasteiger partial charge < -0.3 is 20.1 Å². The first kappa shape index (κ1) is 17.1. The Balaban J connectivity index is 2.20. The van der Waals surface area contributed by atoms with E-state index in [1.165, 1.54) is 0 Å². The Morgan fingerprint density at radius 1 is 1.52 bits per heavy atom. The molecule has 2 rings (SSSR count). The van der Waals surface area contributed by atoms with E-state index >= 15 is 0 Å². The van der Waals surface area contributed by atoms with Crippen LogP contribution in [0.3, 0.4) is 0 Å². The lowest BCUT2D eigenvalue weighted by Crippen LogP contribution is -2.47. The summed E-state index contributed by atoms with van der Waals surface area (Å²) >= 11 is 0. The van der Waals surface area contributed by atoms with Gasteiger partial charge in [0.05, 0.1) is 36.1 Å². The third-order valence-corrected chi connectivity index (χ3v) is 3.81. The number of nitrogens with one attached hydrogen (secondary N) is 1. The van der Waals surface area contributed by atoms with Crippen molar-refractivity contribution in [1.29, 1.82) is 5.26 Å². The monoisotopic (exact) mass is 317 g/mol. The van der Waals surface area contributed by atoms with Gasteiger partial charge in [-0.05, 0) is 51.3 Å². The topological polar surface area (TPSA) is 85.6 Å². The van der Waals surface area contributed by atoms with Crippen molar-refractivity contribution in [3.05, 3.63) is 23.8 Å². The average molecular weight is 317 g/mol. The maximum Gasteiger partial charge on any atom is 0.322 e. The highest BCUT2D eigenvalue weighted by Crippen LogP contribution is 2.28. The molecule has 0 saturated carbocycles. The summed E-state index contributed by atoms with van der Waals surface area (Å²) < 4.78 is 5.69. The number of ether oxygens (including phenoxy) is 1. The minimum absolute atomic E-state index is 0.0407. The molecule has 23 heavy (non-hydrogen) atoms. The van der Waals surface area contributed by atoms with Crippen molar-refractivity contribution in [1.82, 2.24) is 4.90 Å². The van der Waals surface area contributed by atoms with E-state index in [0.717, 1.165) is 19.3 Å². The molecule has 0 spiro atoms. The van der Waals surface area contributed by atoms with Crippen LogP contribution in [0.2, 0.25) is 0 Å². The van der Waals surface area contributed by atoms with Crippen molar-refractivity contribution in [2.45, 2.75) is 45.3 Å². The highest BCUT2D eigenvalue weighted by Gasteiger charge is 2.26. The first-order valence-electron chi connectivity index (χ1n) is 7.94. The molecule has 0 aliphatic carbocycles. The second-order valence-corrected chi connectivity index (χ2v) is 5.95. The number of likely N-dealkylation sites (tertiary alicyclic amines) is 1. The van der Waals surface area contributed by atoms with E-state index in [2.05, 4.69) is 11.4 Å². The highest BCUT2D eigenvalue weighted by atomic mass is 16.5. The molecule has 1 heterocycles. The molecule has 2 N–H and O–H groups in total. The molecule has 1 aliphatic heterocycles. The quantitative estimate of drug-likeness (QED) is 0.894. The van der Waals surface area contributed by atoms with Crippen LogP contribution in [0.25, 0.3) is 0 Å². The zero-order valence-corrected chi connectivity index (χ0v) is 13.6. The van der Waals surface area contributed by atoms with Crippen molar-refractivity contribution in [2.75, 3.05) is 18.5 Å². The van der Waals surface area contributed by atoms with Crippen molar-refractivity contribution >= 4 is 11.7 Å². The van der Waals surface area contributed by atoms with Crippen LogP contribution in [0.4, 0.5) is 10.5 Å². The Labute approximate surface area is 136 Å². The number of carbonyl (C=O) groups is 1. The molecule has 1 aromatic rings. The third-order valence-electron chi connectivity index (χ3n) is 3.81. The number of nitriles is 1. The van der Waals surface area contributed by atoms with Crippen molar-refractivity contribution in [2.24, 2.45) is 0 Å². The van der Waals surface area contributed by atoms with Crippen LogP contribution in [0.5, 0.6) is 5.75 Å². The Hall–Kier alpha value is -2.26. The first-order valence-corrected chi connectivity index (χ1v) is 7.94. The molecule has 2 amide bonds. The lowest BCUT2D eigenvalue weighted by Gasteiger charge is -2.34. The lowest BCUT2D eigenvalue weighted by molar-refractivity contribution is 0.115. The number of rotatable bonds is 4. The Morgan fingerprint density at radius 2 is 2.30 bits per heavy atom. The molecule has 1 aromatic carbocycles. The van der Waals surface area contributed by atoms with E-state index in [9.17, 15) is 9.90 Å². The fraction of sp³-hybridized carbons (Fsp3) is 0.529. The number of amides is 2. The lowest BCUT2D eigenvalue weighted by atomic mass is 10.0. The zero-order chi connectivity index (χ0) is 16.8. The number of hydrogen-bond acceptors (Lipinski definition) is 4. The number of aliphatic hydroxyl groups excluding tert-OH is 1. The summed E-state index contributed by atoms with van der Waals surface area (Å²) in [4.78, 5) is 14.2. The fourth-order valence-corrected chi connectivity index (χ4v) is 2.70.